The van der Waals surface area contributed by atoms with Gasteiger partial charge in [-0.05, 0) is 19.9 Å². The maximum Gasteiger partial charge on any atom is 0.324 e. The summed E-state index contributed by atoms with van der Waals surface area (Å²) in [5.74, 6) is 1.79. The average molecular weight is 243 g/mol. The standard InChI is InChI=1S/C12H14BN3O2/c1-3-17-10-6-11(18-13)15-7-9(10)12-14-5-4-8(2)16-12/h4-7H,3,13H2,1-2H3. The van der Waals surface area contributed by atoms with Crippen LogP contribution >= 0.6 is 0 Å². The number of ether oxygens (including phenoxy) is 1. The van der Waals surface area contributed by atoms with E-state index in [0.29, 0.717) is 24.1 Å². The van der Waals surface area contributed by atoms with Gasteiger partial charge in [-0.2, -0.15) is 0 Å². The molecule has 0 fully saturated rings. The Balaban J connectivity index is 2.49. The molecule has 2 heterocycles. The molecule has 2 aromatic heterocycles. The molecule has 0 N–H and O–H groups in total. The summed E-state index contributed by atoms with van der Waals surface area (Å²) < 4.78 is 10.7. The highest BCUT2D eigenvalue weighted by molar-refractivity contribution is 5.99. The lowest BCUT2D eigenvalue weighted by Gasteiger charge is -2.10. The van der Waals surface area contributed by atoms with Crippen molar-refractivity contribution in [3.63, 3.8) is 0 Å². The highest BCUT2D eigenvalue weighted by atomic mass is 16.5. The highest BCUT2D eigenvalue weighted by Crippen LogP contribution is 2.29. The van der Waals surface area contributed by atoms with E-state index in [1.165, 1.54) is 0 Å². The third kappa shape index (κ3) is 2.59. The number of rotatable bonds is 4. The predicted molar refractivity (Wildman–Crippen MR) is 70.3 cm³/mol. The van der Waals surface area contributed by atoms with Gasteiger partial charge in [-0.15, -0.1) is 0 Å². The van der Waals surface area contributed by atoms with Gasteiger partial charge >= 0.3 is 8.05 Å². The van der Waals surface area contributed by atoms with Crippen LogP contribution in [0.15, 0.2) is 24.5 Å². The van der Waals surface area contributed by atoms with Crippen molar-refractivity contribution < 1.29 is 9.39 Å². The molecule has 0 bridgehead atoms. The van der Waals surface area contributed by atoms with Crippen LogP contribution in [0.5, 0.6) is 11.6 Å². The molecule has 6 heteroatoms. The van der Waals surface area contributed by atoms with E-state index in [1.807, 2.05) is 19.9 Å². The fourth-order valence-corrected chi connectivity index (χ4v) is 1.55. The van der Waals surface area contributed by atoms with Gasteiger partial charge in [0.15, 0.2) is 11.7 Å². The Morgan fingerprint density at radius 1 is 1.33 bits per heavy atom. The first-order valence-electron chi connectivity index (χ1n) is 5.71. The van der Waals surface area contributed by atoms with Crippen LogP contribution in [0.3, 0.4) is 0 Å². The Labute approximate surface area is 107 Å². The lowest BCUT2D eigenvalue weighted by molar-refractivity contribution is 0.339. The molecule has 0 spiro atoms. The van der Waals surface area contributed by atoms with Crippen molar-refractivity contribution in [2.75, 3.05) is 6.61 Å². The fourth-order valence-electron chi connectivity index (χ4n) is 1.55. The zero-order valence-corrected chi connectivity index (χ0v) is 10.7. The van der Waals surface area contributed by atoms with Gasteiger partial charge in [0.25, 0.3) is 0 Å². The monoisotopic (exact) mass is 243 g/mol. The molecule has 92 valence electrons. The quantitative estimate of drug-likeness (QED) is 0.754. The summed E-state index contributed by atoms with van der Waals surface area (Å²) in [6.07, 6.45) is 3.39. The van der Waals surface area contributed by atoms with Crippen LogP contribution in [-0.4, -0.2) is 29.6 Å². The van der Waals surface area contributed by atoms with Crippen molar-refractivity contribution in [3.05, 3.63) is 30.2 Å². The predicted octanol–water partition coefficient (Wildman–Crippen LogP) is 1.17. The smallest absolute Gasteiger partial charge is 0.324 e. The molecular weight excluding hydrogens is 229 g/mol. The third-order valence-corrected chi connectivity index (χ3v) is 2.39. The topological polar surface area (TPSA) is 57.1 Å². The lowest BCUT2D eigenvalue weighted by atomic mass is 10.2. The van der Waals surface area contributed by atoms with E-state index in [-0.39, 0.29) is 0 Å². The molecule has 0 saturated carbocycles. The number of aromatic nitrogens is 3. The first kappa shape index (κ1) is 12.4. The van der Waals surface area contributed by atoms with Gasteiger partial charge < -0.3 is 9.39 Å². The highest BCUT2D eigenvalue weighted by Gasteiger charge is 2.11. The Bertz CT molecular complexity index is 549. The lowest BCUT2D eigenvalue weighted by Crippen LogP contribution is -1.99. The van der Waals surface area contributed by atoms with Crippen molar-refractivity contribution in [1.29, 1.82) is 0 Å². The zero-order chi connectivity index (χ0) is 13.0. The summed E-state index contributed by atoms with van der Waals surface area (Å²) in [6, 6.07) is 3.59. The number of pyridine rings is 1. The second kappa shape index (κ2) is 5.49. The largest absolute Gasteiger partial charge is 0.555 e. The number of nitrogens with zero attached hydrogens (tertiary/aromatic N) is 3. The van der Waals surface area contributed by atoms with Crippen LogP contribution in [0.2, 0.25) is 0 Å². The summed E-state index contributed by atoms with van der Waals surface area (Å²) >= 11 is 0. The van der Waals surface area contributed by atoms with Crippen molar-refractivity contribution in [2.45, 2.75) is 13.8 Å². The minimum absolute atomic E-state index is 0.509. The van der Waals surface area contributed by atoms with Gasteiger partial charge in [0.2, 0.25) is 0 Å². The Morgan fingerprint density at radius 3 is 2.83 bits per heavy atom. The SMILES string of the molecule is BOc1cc(OCC)c(-c2nccc(C)n2)cn1. The van der Waals surface area contributed by atoms with E-state index in [0.717, 1.165) is 11.3 Å². The van der Waals surface area contributed by atoms with Gasteiger partial charge in [0.05, 0.1) is 12.2 Å². The van der Waals surface area contributed by atoms with Gasteiger partial charge in [-0.1, -0.05) is 0 Å². The average Bonchev–Trinajstić information content (AvgIpc) is 2.39. The molecular formula is C12H14BN3O2. The van der Waals surface area contributed by atoms with Crippen molar-refractivity contribution in [3.8, 4) is 23.0 Å². The van der Waals surface area contributed by atoms with Crippen molar-refractivity contribution >= 4 is 8.05 Å². The van der Waals surface area contributed by atoms with E-state index >= 15 is 0 Å². The van der Waals surface area contributed by atoms with Crippen LogP contribution in [0, 0.1) is 6.92 Å². The van der Waals surface area contributed by atoms with E-state index in [2.05, 4.69) is 15.0 Å². The van der Waals surface area contributed by atoms with E-state index in [4.69, 9.17) is 9.39 Å². The Morgan fingerprint density at radius 2 is 2.17 bits per heavy atom. The normalized spacial score (nSPS) is 10.1. The molecule has 0 aliphatic rings. The summed E-state index contributed by atoms with van der Waals surface area (Å²) in [7, 11) is 1.57. The van der Waals surface area contributed by atoms with Gasteiger partial charge in [-0.25, -0.2) is 15.0 Å². The number of hydrogen-bond acceptors (Lipinski definition) is 5. The van der Waals surface area contributed by atoms with E-state index < -0.39 is 0 Å². The summed E-state index contributed by atoms with van der Waals surface area (Å²) in [6.45, 7) is 4.41. The van der Waals surface area contributed by atoms with Crippen LogP contribution in [-0.2, 0) is 0 Å². The molecule has 0 unspecified atom stereocenters. The molecule has 18 heavy (non-hydrogen) atoms. The molecule has 0 aliphatic heterocycles. The van der Waals surface area contributed by atoms with Gasteiger partial charge in [0, 0.05) is 24.2 Å². The van der Waals surface area contributed by atoms with Gasteiger partial charge in [0.1, 0.15) is 5.75 Å². The molecule has 0 aromatic carbocycles. The number of hydrogen-bond donors (Lipinski definition) is 0. The molecule has 0 aliphatic carbocycles. The molecule has 0 atom stereocenters. The van der Waals surface area contributed by atoms with Crippen LogP contribution in [0.4, 0.5) is 0 Å². The van der Waals surface area contributed by atoms with Crippen LogP contribution in [0.1, 0.15) is 12.6 Å². The van der Waals surface area contributed by atoms with E-state index in [9.17, 15) is 0 Å². The summed E-state index contributed by atoms with van der Waals surface area (Å²) in [5, 5.41) is 0. The first-order valence-corrected chi connectivity index (χ1v) is 5.71. The number of aryl methyl sites for hydroxylation is 1. The van der Waals surface area contributed by atoms with Crippen LogP contribution < -0.4 is 9.39 Å². The first-order chi connectivity index (χ1) is 8.74. The minimum Gasteiger partial charge on any atom is -0.555 e. The molecule has 0 saturated heterocycles. The molecule has 2 aromatic rings. The zero-order valence-electron chi connectivity index (χ0n) is 10.7. The molecule has 5 nitrogen and oxygen atoms in total. The van der Waals surface area contributed by atoms with Crippen molar-refractivity contribution in [2.24, 2.45) is 0 Å². The maximum atomic E-state index is 5.57. The maximum absolute atomic E-state index is 5.57. The second-order valence-corrected chi connectivity index (χ2v) is 3.68. The third-order valence-electron chi connectivity index (χ3n) is 2.39. The minimum atomic E-state index is 0.509. The molecule has 0 amide bonds. The summed E-state index contributed by atoms with van der Waals surface area (Å²) in [5.41, 5.74) is 1.67. The van der Waals surface area contributed by atoms with Gasteiger partial charge in [-0.3, -0.25) is 0 Å². The Kier molecular flexibility index (Phi) is 3.77. The van der Waals surface area contributed by atoms with Crippen molar-refractivity contribution in [1.82, 2.24) is 15.0 Å². The second-order valence-electron chi connectivity index (χ2n) is 3.68. The van der Waals surface area contributed by atoms with E-state index in [1.54, 1.807) is 26.5 Å². The Hall–Kier alpha value is -2.11. The molecule has 0 radical (unpaired) electrons. The summed E-state index contributed by atoms with van der Waals surface area (Å²) in [4.78, 5) is 12.8. The van der Waals surface area contributed by atoms with Crippen LogP contribution in [0.25, 0.3) is 11.4 Å². The molecule has 2 rings (SSSR count). The fraction of sp³-hybridized carbons (Fsp3) is 0.250.